The summed E-state index contributed by atoms with van der Waals surface area (Å²) in [6.07, 6.45) is 0. The maximum atomic E-state index is 8.00. The van der Waals surface area contributed by atoms with E-state index in [-0.39, 0.29) is 0 Å². The van der Waals surface area contributed by atoms with Crippen molar-refractivity contribution in [3.63, 3.8) is 0 Å². The van der Waals surface area contributed by atoms with Gasteiger partial charge in [0.15, 0.2) is 13.1 Å². The summed E-state index contributed by atoms with van der Waals surface area (Å²) in [4.78, 5) is 0. The molecule has 0 amide bonds. The zero-order valence-electron chi connectivity index (χ0n) is 2.31. The average Bonchev–Trinajstić information content (AvgIpc) is 1.75. The molecule has 0 radical (unpaired) electrons. The molecule has 2 nitrogen and oxygen atoms in total. The van der Waals surface area contributed by atoms with Gasteiger partial charge in [0.1, 0.15) is 0 Å². The Morgan fingerprint density at radius 3 is 1.75 bits per heavy atom. The lowest BCUT2D eigenvalue weighted by molar-refractivity contribution is -0.360. The topological polar surface area (TPSA) is 25.3 Å². The minimum atomic E-state index is 0.875. The van der Waals surface area contributed by atoms with Gasteiger partial charge in [-0.1, -0.05) is 0 Å². The molecule has 1 heterocycles. The van der Waals surface area contributed by atoms with Gasteiger partial charge >= 0.3 is 0 Å². The van der Waals surface area contributed by atoms with E-state index in [2.05, 4.69) is 0 Å². The van der Waals surface area contributed by atoms with Crippen molar-refractivity contribution in [2.45, 2.75) is 0 Å². The first-order valence-corrected chi connectivity index (χ1v) is 1.33. The van der Waals surface area contributed by atoms with E-state index in [4.69, 9.17) is 5.53 Å². The fraction of sp³-hybridized carbons (Fsp3) is 1.00. The van der Waals surface area contributed by atoms with Gasteiger partial charge in [0, 0.05) is 0 Å². The van der Waals surface area contributed by atoms with Crippen molar-refractivity contribution in [1.29, 1.82) is 0 Å². The van der Waals surface area contributed by atoms with Crippen LogP contribution in [-0.4, -0.2) is 17.8 Å². The Labute approximate surface area is 24.5 Å². The second-order valence-electron chi connectivity index (χ2n) is 0.954. The summed E-state index contributed by atoms with van der Waals surface area (Å²) < 4.78 is 1.25. The zero-order valence-corrected chi connectivity index (χ0v) is 2.31. The molecule has 4 heavy (non-hydrogen) atoms. The second-order valence-corrected chi connectivity index (χ2v) is 0.954. The van der Waals surface area contributed by atoms with E-state index in [1.165, 1.54) is 4.70 Å². The van der Waals surface area contributed by atoms with Crippen LogP contribution >= 0.6 is 0 Å². The van der Waals surface area contributed by atoms with Crippen LogP contribution in [0, 0.1) is 0 Å². The Balaban J connectivity index is 2.60. The van der Waals surface area contributed by atoms with Crippen molar-refractivity contribution in [3.05, 3.63) is 5.53 Å². The molecule has 1 fully saturated rings. The summed E-state index contributed by atoms with van der Waals surface area (Å²) in [5.74, 6) is 0. The van der Waals surface area contributed by atoms with Gasteiger partial charge in [-0.15, -0.1) is 0 Å². The largest absolute Gasteiger partial charge is 0.506 e. The third-order valence-electron chi connectivity index (χ3n) is 0.424. The predicted molar refractivity (Wildman–Crippen MR) is 13.4 cm³/mol. The Hall–Kier alpha value is -0.400. The number of nitrogens with zero attached hydrogens (tertiary/aromatic N) is 2. The standard InChI is InChI=1S/C2H4N2/c3-4-1-2-4/h1-2H2. The number of rotatable bonds is 0. The maximum Gasteiger partial charge on any atom is 0.189 e. The van der Waals surface area contributed by atoms with Crippen LogP contribution in [0.3, 0.4) is 0 Å². The van der Waals surface area contributed by atoms with Crippen molar-refractivity contribution >= 4 is 0 Å². The van der Waals surface area contributed by atoms with Gasteiger partial charge in [0.05, 0.1) is 0 Å². The molecular formula is C2H4N2. The predicted octanol–water partition coefficient (Wildman–Crippen LogP) is 0.0341. The molecule has 1 aliphatic rings. The normalized spacial score (nSPS) is 21.5. The first-order valence-electron chi connectivity index (χ1n) is 1.33. The maximum absolute atomic E-state index is 8.00. The van der Waals surface area contributed by atoms with E-state index in [0.29, 0.717) is 0 Å². The molecule has 0 aromatic rings. The number of hydrogen-bond donors (Lipinski definition) is 0. The third-order valence-corrected chi connectivity index (χ3v) is 0.424. The lowest BCUT2D eigenvalue weighted by Crippen LogP contribution is -1.49. The van der Waals surface area contributed by atoms with Crippen molar-refractivity contribution < 1.29 is 4.70 Å². The van der Waals surface area contributed by atoms with Crippen molar-refractivity contribution in [1.82, 2.24) is 0 Å². The van der Waals surface area contributed by atoms with Crippen molar-refractivity contribution in [2.24, 2.45) is 0 Å². The Kier molecular flexibility index (Phi) is 0.148. The van der Waals surface area contributed by atoms with Crippen LogP contribution in [0.5, 0.6) is 0 Å². The molecule has 0 N–H and O–H groups in total. The van der Waals surface area contributed by atoms with Gasteiger partial charge in [-0.3, -0.25) is 0 Å². The molecule has 22 valence electrons. The lowest BCUT2D eigenvalue weighted by Gasteiger charge is -1.53. The average molecular weight is 56.1 g/mol. The van der Waals surface area contributed by atoms with E-state index in [1.807, 2.05) is 0 Å². The molecule has 0 aliphatic carbocycles. The van der Waals surface area contributed by atoms with Crippen molar-refractivity contribution in [2.75, 3.05) is 13.1 Å². The van der Waals surface area contributed by atoms with E-state index in [0.717, 1.165) is 13.1 Å². The first-order chi connectivity index (χ1) is 1.89. The van der Waals surface area contributed by atoms with Gasteiger partial charge in [-0.25, -0.2) is 0 Å². The van der Waals surface area contributed by atoms with E-state index in [9.17, 15) is 0 Å². The molecular weight excluding hydrogens is 52.0 g/mol. The fourth-order valence-electron chi connectivity index (χ4n) is 0.0447. The Bertz CT molecular complexity index is 42.0. The monoisotopic (exact) mass is 56.0 g/mol. The van der Waals surface area contributed by atoms with Crippen LogP contribution in [0.25, 0.3) is 5.53 Å². The van der Waals surface area contributed by atoms with E-state index in [1.54, 1.807) is 0 Å². The Morgan fingerprint density at radius 1 is 1.50 bits per heavy atom. The van der Waals surface area contributed by atoms with Crippen LogP contribution in [0.15, 0.2) is 0 Å². The summed E-state index contributed by atoms with van der Waals surface area (Å²) in [6.45, 7) is 1.75. The molecule has 0 atom stereocenters. The van der Waals surface area contributed by atoms with Gasteiger partial charge in [0.2, 0.25) is 0 Å². The molecule has 1 aliphatic heterocycles. The smallest absolute Gasteiger partial charge is 0.189 e. The van der Waals surface area contributed by atoms with Gasteiger partial charge in [0.25, 0.3) is 0 Å². The second kappa shape index (κ2) is 0.315. The highest BCUT2D eigenvalue weighted by atomic mass is 15.3. The molecule has 0 saturated carbocycles. The third kappa shape index (κ3) is 0.0852. The van der Waals surface area contributed by atoms with Gasteiger partial charge in [-0.2, -0.15) is 0 Å². The molecule has 0 aromatic carbocycles. The Morgan fingerprint density at radius 2 is 1.75 bits per heavy atom. The van der Waals surface area contributed by atoms with Crippen molar-refractivity contribution in [3.8, 4) is 0 Å². The fourth-order valence-corrected chi connectivity index (χ4v) is 0.0447. The summed E-state index contributed by atoms with van der Waals surface area (Å²) in [5.41, 5.74) is 8.00. The highest BCUT2D eigenvalue weighted by Gasteiger charge is 2.09. The molecule has 0 aromatic heterocycles. The van der Waals surface area contributed by atoms with Crippen LogP contribution in [0.1, 0.15) is 0 Å². The zero-order chi connectivity index (χ0) is 2.99. The first kappa shape index (κ1) is 1.88. The highest BCUT2D eigenvalue weighted by molar-refractivity contribution is 4.32. The number of hydrogen-bond acceptors (Lipinski definition) is 0. The van der Waals surface area contributed by atoms with Crippen LogP contribution in [0.4, 0.5) is 0 Å². The van der Waals surface area contributed by atoms with E-state index < -0.39 is 0 Å². The molecule has 0 bridgehead atoms. The highest BCUT2D eigenvalue weighted by Crippen LogP contribution is 1.86. The quantitative estimate of drug-likeness (QED) is 0.276. The molecule has 2 heteroatoms. The summed E-state index contributed by atoms with van der Waals surface area (Å²) in [6, 6.07) is 0. The summed E-state index contributed by atoms with van der Waals surface area (Å²) >= 11 is 0. The van der Waals surface area contributed by atoms with Crippen LogP contribution < -0.4 is 0 Å². The van der Waals surface area contributed by atoms with Crippen LogP contribution in [-0.2, 0) is 0 Å². The van der Waals surface area contributed by atoms with Gasteiger partial charge in [-0.05, 0) is 0 Å². The molecule has 0 unspecified atom stereocenters. The lowest BCUT2D eigenvalue weighted by atomic mass is 11.0. The van der Waals surface area contributed by atoms with E-state index >= 15 is 0 Å². The minimum Gasteiger partial charge on any atom is -0.506 e. The minimum absolute atomic E-state index is 0.875. The molecule has 1 saturated heterocycles. The van der Waals surface area contributed by atoms with Crippen LogP contribution in [0.2, 0.25) is 0 Å². The molecule has 0 spiro atoms. The molecule has 1 rings (SSSR count). The summed E-state index contributed by atoms with van der Waals surface area (Å²) in [5, 5.41) is 0. The SMILES string of the molecule is [N-]=[N+]1CC1. The van der Waals surface area contributed by atoms with Gasteiger partial charge < -0.3 is 10.2 Å². The summed E-state index contributed by atoms with van der Waals surface area (Å²) in [7, 11) is 0.